The van der Waals surface area contributed by atoms with Crippen molar-refractivity contribution in [1.29, 1.82) is 0 Å². The Morgan fingerprint density at radius 1 is 1.44 bits per heavy atom. The number of rotatable bonds is 5. The van der Waals surface area contributed by atoms with E-state index in [1.54, 1.807) is 11.8 Å². The standard InChI is InChI=1S/C12H24N2O2S2/c1-3-12(9-13,10-4-5-10)14-6-7-17-8-11(14)18(2,15)16/h10-11H,3-9,13H2,1-2H3. The fourth-order valence-electron chi connectivity index (χ4n) is 3.22. The molecule has 2 fully saturated rings. The first-order valence-corrected chi connectivity index (χ1v) is 9.80. The summed E-state index contributed by atoms with van der Waals surface area (Å²) < 4.78 is 24.0. The van der Waals surface area contributed by atoms with Crippen molar-refractivity contribution in [1.82, 2.24) is 4.90 Å². The molecule has 18 heavy (non-hydrogen) atoms. The van der Waals surface area contributed by atoms with Gasteiger partial charge in [0, 0.05) is 36.4 Å². The summed E-state index contributed by atoms with van der Waals surface area (Å²) in [6.07, 6.45) is 4.71. The van der Waals surface area contributed by atoms with E-state index in [9.17, 15) is 8.42 Å². The highest BCUT2D eigenvalue weighted by Crippen LogP contribution is 2.46. The normalized spacial score (nSPS) is 30.1. The second-order valence-corrected chi connectivity index (χ2v) is 8.84. The van der Waals surface area contributed by atoms with Crippen molar-refractivity contribution in [2.45, 2.75) is 37.1 Å². The van der Waals surface area contributed by atoms with Crippen molar-refractivity contribution in [3.05, 3.63) is 0 Å². The summed E-state index contributed by atoms with van der Waals surface area (Å²) in [6, 6.07) is 0. The van der Waals surface area contributed by atoms with Gasteiger partial charge in [-0.1, -0.05) is 6.92 Å². The second-order valence-electron chi connectivity index (χ2n) is 5.49. The molecule has 1 aliphatic carbocycles. The van der Waals surface area contributed by atoms with Gasteiger partial charge < -0.3 is 5.73 Å². The third-order valence-corrected chi connectivity index (χ3v) is 7.10. The van der Waals surface area contributed by atoms with Crippen LogP contribution in [-0.2, 0) is 9.84 Å². The monoisotopic (exact) mass is 292 g/mol. The summed E-state index contributed by atoms with van der Waals surface area (Å²) in [4.78, 5) is 2.22. The molecule has 2 aliphatic rings. The first-order valence-electron chi connectivity index (χ1n) is 6.69. The first kappa shape index (κ1) is 14.6. The molecule has 0 radical (unpaired) electrons. The second kappa shape index (κ2) is 5.31. The van der Waals surface area contributed by atoms with Gasteiger partial charge >= 0.3 is 0 Å². The van der Waals surface area contributed by atoms with Gasteiger partial charge in [-0.2, -0.15) is 11.8 Å². The van der Waals surface area contributed by atoms with Crippen LogP contribution < -0.4 is 5.73 Å². The number of hydrogen-bond acceptors (Lipinski definition) is 5. The molecule has 1 saturated carbocycles. The topological polar surface area (TPSA) is 63.4 Å². The molecule has 1 aliphatic heterocycles. The number of thioether (sulfide) groups is 1. The van der Waals surface area contributed by atoms with Crippen molar-refractivity contribution >= 4 is 21.6 Å². The molecule has 6 heteroatoms. The molecule has 0 aromatic heterocycles. The fraction of sp³-hybridized carbons (Fsp3) is 1.00. The summed E-state index contributed by atoms with van der Waals surface area (Å²) in [7, 11) is -3.03. The molecule has 4 nitrogen and oxygen atoms in total. The van der Waals surface area contributed by atoms with Gasteiger partial charge in [-0.3, -0.25) is 4.90 Å². The highest BCUT2D eigenvalue weighted by molar-refractivity contribution is 8.00. The van der Waals surface area contributed by atoms with E-state index in [0.717, 1.165) is 18.7 Å². The lowest BCUT2D eigenvalue weighted by Crippen LogP contribution is -2.63. The molecular formula is C12H24N2O2S2. The van der Waals surface area contributed by atoms with E-state index in [-0.39, 0.29) is 10.9 Å². The third kappa shape index (κ3) is 2.57. The Bertz CT molecular complexity index is 389. The molecule has 2 rings (SSSR count). The number of nitrogens with two attached hydrogens (primary N) is 1. The van der Waals surface area contributed by atoms with Gasteiger partial charge in [0.25, 0.3) is 0 Å². The molecule has 0 aromatic rings. The zero-order valence-electron chi connectivity index (χ0n) is 11.3. The molecule has 0 spiro atoms. The quantitative estimate of drug-likeness (QED) is 0.816. The van der Waals surface area contributed by atoms with Gasteiger partial charge in [0.05, 0.1) is 0 Å². The summed E-state index contributed by atoms with van der Waals surface area (Å²) in [5.74, 6) is 2.30. The van der Waals surface area contributed by atoms with Crippen LogP contribution in [0.2, 0.25) is 0 Å². The Morgan fingerprint density at radius 2 is 2.11 bits per heavy atom. The van der Waals surface area contributed by atoms with Crippen LogP contribution in [0.5, 0.6) is 0 Å². The van der Waals surface area contributed by atoms with Gasteiger partial charge in [0.15, 0.2) is 9.84 Å². The Kier molecular flexibility index (Phi) is 4.31. The van der Waals surface area contributed by atoms with Crippen molar-refractivity contribution in [2.75, 3.05) is 30.9 Å². The summed E-state index contributed by atoms with van der Waals surface area (Å²) in [5, 5.41) is -0.347. The predicted octanol–water partition coefficient (Wildman–Crippen LogP) is 0.923. The minimum Gasteiger partial charge on any atom is -0.329 e. The first-order chi connectivity index (χ1) is 8.45. The lowest BCUT2D eigenvalue weighted by Gasteiger charge is -2.49. The highest BCUT2D eigenvalue weighted by atomic mass is 32.2. The molecule has 0 bridgehead atoms. The van der Waals surface area contributed by atoms with Crippen LogP contribution in [0.25, 0.3) is 0 Å². The van der Waals surface area contributed by atoms with Crippen molar-refractivity contribution in [3.63, 3.8) is 0 Å². The van der Waals surface area contributed by atoms with Gasteiger partial charge in [-0.05, 0) is 25.2 Å². The molecular weight excluding hydrogens is 268 g/mol. The van der Waals surface area contributed by atoms with Crippen LogP contribution in [-0.4, -0.2) is 55.1 Å². The molecule has 1 saturated heterocycles. The van der Waals surface area contributed by atoms with Gasteiger partial charge in [-0.25, -0.2) is 8.42 Å². The Hall–Kier alpha value is 0.220. The average Bonchev–Trinajstić information content (AvgIpc) is 3.16. The van der Waals surface area contributed by atoms with Gasteiger partial charge in [-0.15, -0.1) is 0 Å². The van der Waals surface area contributed by atoms with Gasteiger partial charge in [0.1, 0.15) is 5.37 Å². The summed E-state index contributed by atoms with van der Waals surface area (Å²) in [5.41, 5.74) is 5.96. The van der Waals surface area contributed by atoms with E-state index in [1.165, 1.54) is 19.1 Å². The lowest BCUT2D eigenvalue weighted by molar-refractivity contribution is 0.0642. The van der Waals surface area contributed by atoms with Crippen LogP contribution >= 0.6 is 11.8 Å². The molecule has 106 valence electrons. The van der Waals surface area contributed by atoms with Crippen molar-refractivity contribution in [2.24, 2.45) is 11.7 Å². The van der Waals surface area contributed by atoms with Crippen molar-refractivity contribution < 1.29 is 8.42 Å². The molecule has 2 N–H and O–H groups in total. The maximum Gasteiger partial charge on any atom is 0.164 e. The van der Waals surface area contributed by atoms with Crippen LogP contribution in [0.4, 0.5) is 0 Å². The lowest BCUT2D eigenvalue weighted by atomic mass is 9.87. The Labute approximate surface area is 115 Å². The fourth-order valence-corrected chi connectivity index (χ4v) is 6.15. The average molecular weight is 292 g/mol. The number of hydrogen-bond donors (Lipinski definition) is 1. The van der Waals surface area contributed by atoms with E-state index in [4.69, 9.17) is 5.73 Å². The zero-order chi connectivity index (χ0) is 13.4. The summed E-state index contributed by atoms with van der Waals surface area (Å²) >= 11 is 1.74. The van der Waals surface area contributed by atoms with Crippen molar-refractivity contribution in [3.8, 4) is 0 Å². The van der Waals surface area contributed by atoms with E-state index in [2.05, 4.69) is 11.8 Å². The summed E-state index contributed by atoms with van der Waals surface area (Å²) in [6.45, 7) is 3.57. The van der Waals surface area contributed by atoms with E-state index < -0.39 is 9.84 Å². The largest absolute Gasteiger partial charge is 0.329 e. The number of nitrogens with zero attached hydrogens (tertiary/aromatic N) is 1. The molecule has 2 atom stereocenters. The maximum absolute atomic E-state index is 12.0. The molecule has 2 unspecified atom stereocenters. The SMILES string of the molecule is CCC(CN)(C1CC1)N1CCSCC1S(C)(=O)=O. The van der Waals surface area contributed by atoms with Gasteiger partial charge in [0.2, 0.25) is 0 Å². The Morgan fingerprint density at radius 3 is 2.56 bits per heavy atom. The van der Waals surface area contributed by atoms with E-state index in [1.807, 2.05) is 0 Å². The zero-order valence-corrected chi connectivity index (χ0v) is 12.9. The van der Waals surface area contributed by atoms with Crippen LogP contribution in [0.1, 0.15) is 26.2 Å². The Balaban J connectivity index is 2.31. The van der Waals surface area contributed by atoms with E-state index in [0.29, 0.717) is 18.2 Å². The molecule has 1 heterocycles. The predicted molar refractivity (Wildman–Crippen MR) is 77.5 cm³/mol. The minimum absolute atomic E-state index is 0.0886. The maximum atomic E-state index is 12.0. The number of sulfone groups is 1. The highest BCUT2D eigenvalue weighted by Gasteiger charge is 2.51. The molecule has 0 amide bonds. The third-order valence-electron chi connectivity index (χ3n) is 4.45. The minimum atomic E-state index is -3.03. The van der Waals surface area contributed by atoms with Crippen LogP contribution in [0.3, 0.4) is 0 Å². The smallest absolute Gasteiger partial charge is 0.164 e. The van der Waals surface area contributed by atoms with Crippen LogP contribution in [0, 0.1) is 5.92 Å². The van der Waals surface area contributed by atoms with E-state index >= 15 is 0 Å². The molecule has 0 aromatic carbocycles. The van der Waals surface area contributed by atoms with Crippen LogP contribution in [0.15, 0.2) is 0 Å².